The summed E-state index contributed by atoms with van der Waals surface area (Å²) in [5, 5.41) is 0. The fourth-order valence-electron chi connectivity index (χ4n) is 0.698. The molecule has 11 heavy (non-hydrogen) atoms. The quantitative estimate of drug-likeness (QED) is 0.575. The second-order valence-corrected chi connectivity index (χ2v) is 2.04. The number of halogens is 4. The lowest BCUT2D eigenvalue weighted by Crippen LogP contribution is -2.36. The van der Waals surface area contributed by atoms with E-state index in [1.807, 2.05) is 0 Å². The maximum Gasteiger partial charge on any atom is 0.157 e. The first-order valence-corrected chi connectivity index (χ1v) is 3.10. The predicted molar refractivity (Wildman–Crippen MR) is 32.5 cm³/mol. The van der Waals surface area contributed by atoms with E-state index < -0.39 is 31.8 Å². The van der Waals surface area contributed by atoms with E-state index in [1.54, 1.807) is 0 Å². The van der Waals surface area contributed by atoms with Crippen LogP contribution < -0.4 is 0 Å². The van der Waals surface area contributed by atoms with Crippen LogP contribution in [0.3, 0.4) is 0 Å². The Kier molecular flexibility index (Phi) is 5.19. The molecule has 0 N–H and O–H groups in total. The average Bonchev–Trinajstić information content (AvgIpc) is 2.05. The van der Waals surface area contributed by atoms with Crippen LogP contribution >= 0.6 is 0 Å². The molecule has 0 aromatic rings. The Morgan fingerprint density at radius 1 is 1.09 bits per heavy atom. The molecule has 1 nitrogen and oxygen atoms in total. The summed E-state index contributed by atoms with van der Waals surface area (Å²) in [5.74, 6) is 0. The standard InChI is InChI=1S/C6H10F4O/c1-11-6(4(9)2-7)5(10)3-8/h4-6H,2-3H2,1H3. The molecule has 0 aliphatic heterocycles. The van der Waals surface area contributed by atoms with Crippen molar-refractivity contribution in [1.82, 2.24) is 0 Å². The molecule has 0 aliphatic carbocycles. The average molecular weight is 174 g/mol. The van der Waals surface area contributed by atoms with E-state index in [-0.39, 0.29) is 0 Å². The van der Waals surface area contributed by atoms with Gasteiger partial charge in [0.2, 0.25) is 0 Å². The summed E-state index contributed by atoms with van der Waals surface area (Å²) < 4.78 is 52.0. The van der Waals surface area contributed by atoms with Gasteiger partial charge in [0.1, 0.15) is 19.5 Å². The van der Waals surface area contributed by atoms with Crippen LogP contribution in [0.1, 0.15) is 0 Å². The lowest BCUT2D eigenvalue weighted by atomic mass is 10.1. The fraction of sp³-hybridized carbons (Fsp3) is 1.00. The Hall–Kier alpha value is -0.320. The summed E-state index contributed by atoms with van der Waals surface area (Å²) in [6.45, 7) is -2.72. The van der Waals surface area contributed by atoms with Crippen LogP contribution in [0.25, 0.3) is 0 Å². The summed E-state index contributed by atoms with van der Waals surface area (Å²) in [6.07, 6.45) is -5.82. The number of ether oxygens (including phenoxy) is 1. The second-order valence-electron chi connectivity index (χ2n) is 2.04. The highest BCUT2D eigenvalue weighted by Crippen LogP contribution is 2.12. The zero-order chi connectivity index (χ0) is 8.85. The van der Waals surface area contributed by atoms with Gasteiger partial charge >= 0.3 is 0 Å². The number of rotatable bonds is 5. The van der Waals surface area contributed by atoms with Gasteiger partial charge in [-0.05, 0) is 0 Å². The van der Waals surface area contributed by atoms with Crippen molar-refractivity contribution in [2.75, 3.05) is 20.5 Å². The number of hydrogen-bond acceptors (Lipinski definition) is 1. The van der Waals surface area contributed by atoms with Gasteiger partial charge in [0.25, 0.3) is 0 Å². The molecule has 0 radical (unpaired) electrons. The van der Waals surface area contributed by atoms with Crippen molar-refractivity contribution in [2.24, 2.45) is 0 Å². The van der Waals surface area contributed by atoms with Gasteiger partial charge in [0.05, 0.1) is 0 Å². The van der Waals surface area contributed by atoms with Crippen molar-refractivity contribution in [3.63, 3.8) is 0 Å². The summed E-state index contributed by atoms with van der Waals surface area (Å²) >= 11 is 0. The van der Waals surface area contributed by atoms with E-state index in [0.717, 1.165) is 7.11 Å². The molecule has 0 fully saturated rings. The highest BCUT2D eigenvalue weighted by atomic mass is 19.2. The molecule has 0 aliphatic rings. The van der Waals surface area contributed by atoms with Gasteiger partial charge in [-0.1, -0.05) is 0 Å². The Morgan fingerprint density at radius 2 is 1.45 bits per heavy atom. The predicted octanol–water partition coefficient (Wildman–Crippen LogP) is 1.62. The fourth-order valence-corrected chi connectivity index (χ4v) is 0.698. The normalized spacial score (nSPS) is 19.4. The minimum absolute atomic E-state index is 1.01. The Morgan fingerprint density at radius 3 is 1.64 bits per heavy atom. The molecule has 68 valence electrons. The van der Waals surface area contributed by atoms with Crippen molar-refractivity contribution in [1.29, 1.82) is 0 Å². The first-order chi connectivity index (χ1) is 5.17. The smallest absolute Gasteiger partial charge is 0.157 e. The molecule has 0 amide bonds. The van der Waals surface area contributed by atoms with Gasteiger partial charge in [-0.3, -0.25) is 0 Å². The van der Waals surface area contributed by atoms with Gasteiger partial charge in [0.15, 0.2) is 12.3 Å². The number of hydrogen-bond donors (Lipinski definition) is 0. The SMILES string of the molecule is COC(C(F)CF)C(F)CF. The Balaban J connectivity index is 3.92. The Labute approximate surface area is 62.3 Å². The maximum absolute atomic E-state index is 12.3. The van der Waals surface area contributed by atoms with Gasteiger partial charge < -0.3 is 4.74 Å². The van der Waals surface area contributed by atoms with E-state index in [0.29, 0.717) is 0 Å². The summed E-state index contributed by atoms with van der Waals surface area (Å²) in [6, 6.07) is 0. The third-order valence-electron chi connectivity index (χ3n) is 1.28. The first kappa shape index (κ1) is 10.7. The van der Waals surface area contributed by atoms with Crippen LogP contribution in [0, 0.1) is 0 Å². The summed E-state index contributed by atoms with van der Waals surface area (Å²) in [5.41, 5.74) is 0. The zero-order valence-electron chi connectivity index (χ0n) is 6.07. The molecule has 0 bridgehead atoms. The van der Waals surface area contributed by atoms with Crippen LogP contribution in [-0.4, -0.2) is 38.9 Å². The van der Waals surface area contributed by atoms with E-state index in [9.17, 15) is 17.6 Å². The van der Waals surface area contributed by atoms with Gasteiger partial charge in [-0.2, -0.15) is 0 Å². The molecule has 0 rings (SSSR count). The van der Waals surface area contributed by atoms with Crippen LogP contribution in [0.15, 0.2) is 0 Å². The third kappa shape index (κ3) is 3.05. The third-order valence-corrected chi connectivity index (χ3v) is 1.28. The summed E-state index contributed by atoms with van der Waals surface area (Å²) in [7, 11) is 1.01. The second kappa shape index (κ2) is 5.35. The molecule has 0 heterocycles. The van der Waals surface area contributed by atoms with E-state index in [4.69, 9.17) is 0 Å². The van der Waals surface area contributed by atoms with Crippen molar-refractivity contribution >= 4 is 0 Å². The van der Waals surface area contributed by atoms with Crippen molar-refractivity contribution in [2.45, 2.75) is 18.4 Å². The van der Waals surface area contributed by atoms with Crippen molar-refractivity contribution in [3.8, 4) is 0 Å². The zero-order valence-corrected chi connectivity index (χ0v) is 6.07. The molecule has 2 unspecified atom stereocenters. The minimum atomic E-state index is -2.09. The number of alkyl halides is 4. The molecule has 0 aromatic heterocycles. The lowest BCUT2D eigenvalue weighted by Gasteiger charge is -2.18. The van der Waals surface area contributed by atoms with Crippen LogP contribution in [0.5, 0.6) is 0 Å². The lowest BCUT2D eigenvalue weighted by molar-refractivity contribution is -0.0358. The highest BCUT2D eigenvalue weighted by molar-refractivity contribution is 4.76. The molecular formula is C6H10F4O. The van der Waals surface area contributed by atoms with Crippen molar-refractivity contribution in [3.05, 3.63) is 0 Å². The number of methoxy groups -OCH3 is 1. The minimum Gasteiger partial charge on any atom is -0.375 e. The topological polar surface area (TPSA) is 9.23 Å². The van der Waals surface area contributed by atoms with Crippen molar-refractivity contribution < 1.29 is 22.3 Å². The highest BCUT2D eigenvalue weighted by Gasteiger charge is 2.29. The molecule has 5 heteroatoms. The molecule has 0 saturated carbocycles. The maximum atomic E-state index is 12.3. The summed E-state index contributed by atoms with van der Waals surface area (Å²) in [4.78, 5) is 0. The van der Waals surface area contributed by atoms with E-state index in [1.165, 1.54) is 0 Å². The van der Waals surface area contributed by atoms with Crippen LogP contribution in [0.2, 0.25) is 0 Å². The van der Waals surface area contributed by atoms with Crippen LogP contribution in [-0.2, 0) is 4.74 Å². The van der Waals surface area contributed by atoms with E-state index in [2.05, 4.69) is 4.74 Å². The van der Waals surface area contributed by atoms with Gasteiger partial charge in [0, 0.05) is 7.11 Å². The van der Waals surface area contributed by atoms with Gasteiger partial charge in [-0.25, -0.2) is 17.6 Å². The first-order valence-electron chi connectivity index (χ1n) is 3.10. The molecule has 0 spiro atoms. The monoisotopic (exact) mass is 174 g/mol. The van der Waals surface area contributed by atoms with E-state index >= 15 is 0 Å². The van der Waals surface area contributed by atoms with Gasteiger partial charge in [-0.15, -0.1) is 0 Å². The molecule has 2 atom stereocenters. The largest absolute Gasteiger partial charge is 0.375 e. The molecule has 0 saturated heterocycles. The molecule has 0 aromatic carbocycles. The Bertz CT molecular complexity index is 90.6. The van der Waals surface area contributed by atoms with Crippen LogP contribution in [0.4, 0.5) is 17.6 Å². The molecular weight excluding hydrogens is 164 g/mol.